The lowest BCUT2D eigenvalue weighted by atomic mass is 9.99. The number of nitrogens with zero attached hydrogens (tertiary/aromatic N) is 2. The third-order valence-corrected chi connectivity index (χ3v) is 4.87. The maximum Gasteiger partial charge on any atom is 0.0630 e. The van der Waals surface area contributed by atoms with Crippen LogP contribution in [0, 0.1) is 6.92 Å². The van der Waals surface area contributed by atoms with Crippen LogP contribution >= 0.6 is 0 Å². The topological polar surface area (TPSA) is 17.3 Å². The molecule has 0 aliphatic rings. The summed E-state index contributed by atoms with van der Waals surface area (Å²) in [7, 11) is 2.11. The van der Waals surface area contributed by atoms with Crippen molar-refractivity contribution in [2.75, 3.05) is 0 Å². The van der Waals surface area contributed by atoms with E-state index >= 15 is 0 Å². The molecule has 0 aliphatic heterocycles. The zero-order valence-electron chi connectivity index (χ0n) is 14.4. The third kappa shape index (κ3) is 2.94. The molecular weight excluding hydrogens is 280 g/mol. The van der Waals surface area contributed by atoms with Gasteiger partial charge >= 0.3 is 0 Å². The Balaban J connectivity index is 1.93. The molecule has 2 nitrogen and oxygen atoms in total. The molecule has 0 saturated heterocycles. The molecule has 0 aliphatic carbocycles. The fourth-order valence-electron chi connectivity index (χ4n) is 2.98. The molecule has 2 aromatic carbocycles. The lowest BCUT2D eigenvalue weighted by molar-refractivity contribution is 0.734. The first-order valence-electron chi connectivity index (χ1n) is 8.30. The Morgan fingerprint density at radius 3 is 2.48 bits per heavy atom. The van der Waals surface area contributed by atoms with Crippen molar-refractivity contribution in [3.05, 3.63) is 65.4 Å². The minimum Gasteiger partial charge on any atom is -0.347 e. The van der Waals surface area contributed by atoms with Crippen LogP contribution in [0.15, 0.2) is 53.5 Å². The van der Waals surface area contributed by atoms with E-state index in [2.05, 4.69) is 85.9 Å². The number of fused-ring (bicyclic) bond motifs is 1. The fourth-order valence-corrected chi connectivity index (χ4v) is 2.98. The summed E-state index contributed by atoms with van der Waals surface area (Å²) in [6.45, 7) is 6.63. The summed E-state index contributed by atoms with van der Waals surface area (Å²) in [5.41, 5.74) is 6.08. The van der Waals surface area contributed by atoms with Crippen molar-refractivity contribution in [3.63, 3.8) is 0 Å². The zero-order chi connectivity index (χ0) is 16.4. The highest BCUT2D eigenvalue weighted by Gasteiger charge is 2.09. The lowest BCUT2D eigenvalue weighted by Crippen LogP contribution is -1.91. The molecule has 1 atom stereocenters. The number of hydrogen-bond acceptors (Lipinski definition) is 1. The number of hydrogen-bond donors (Lipinski definition) is 0. The van der Waals surface area contributed by atoms with Gasteiger partial charge in [-0.2, -0.15) is 0 Å². The van der Waals surface area contributed by atoms with Gasteiger partial charge in [0.2, 0.25) is 0 Å². The average Bonchev–Trinajstić information content (AvgIpc) is 2.84. The van der Waals surface area contributed by atoms with Gasteiger partial charge in [-0.25, -0.2) is 0 Å². The molecule has 0 saturated carbocycles. The van der Waals surface area contributed by atoms with E-state index in [1.54, 1.807) is 0 Å². The molecule has 3 rings (SSSR count). The van der Waals surface area contributed by atoms with Gasteiger partial charge in [-0.05, 0) is 43.0 Å². The van der Waals surface area contributed by atoms with Crippen LogP contribution in [0.5, 0.6) is 0 Å². The molecular formula is C21H24N2. The number of aromatic nitrogens is 1. The zero-order valence-corrected chi connectivity index (χ0v) is 14.4. The largest absolute Gasteiger partial charge is 0.347 e. The van der Waals surface area contributed by atoms with Gasteiger partial charge < -0.3 is 4.57 Å². The summed E-state index contributed by atoms with van der Waals surface area (Å²) >= 11 is 0. The van der Waals surface area contributed by atoms with Crippen LogP contribution in [0.2, 0.25) is 0 Å². The van der Waals surface area contributed by atoms with Crippen molar-refractivity contribution in [1.29, 1.82) is 0 Å². The van der Waals surface area contributed by atoms with Crippen molar-refractivity contribution in [2.45, 2.75) is 33.1 Å². The van der Waals surface area contributed by atoms with Crippen molar-refractivity contribution in [3.8, 4) is 0 Å². The van der Waals surface area contributed by atoms with E-state index in [0.717, 1.165) is 12.1 Å². The summed E-state index contributed by atoms with van der Waals surface area (Å²) in [6.07, 6.45) is 3.16. The van der Waals surface area contributed by atoms with E-state index < -0.39 is 0 Å². The molecule has 23 heavy (non-hydrogen) atoms. The highest BCUT2D eigenvalue weighted by atomic mass is 14.9. The van der Waals surface area contributed by atoms with Crippen LogP contribution in [0.4, 0.5) is 5.69 Å². The van der Waals surface area contributed by atoms with Crippen LogP contribution in [-0.4, -0.2) is 10.8 Å². The molecule has 0 amide bonds. The molecule has 0 fully saturated rings. The molecule has 0 N–H and O–H groups in total. The summed E-state index contributed by atoms with van der Waals surface area (Å²) in [5.74, 6) is 0.605. The van der Waals surface area contributed by atoms with Gasteiger partial charge in [0.15, 0.2) is 0 Å². The van der Waals surface area contributed by atoms with Crippen molar-refractivity contribution < 1.29 is 0 Å². The predicted octanol–water partition coefficient (Wildman–Crippen LogP) is 5.75. The molecule has 118 valence electrons. The lowest BCUT2D eigenvalue weighted by Gasteiger charge is -2.08. The van der Waals surface area contributed by atoms with Crippen molar-refractivity contribution in [2.24, 2.45) is 12.0 Å². The fraction of sp³-hybridized carbons (Fsp3) is 0.286. The van der Waals surface area contributed by atoms with Gasteiger partial charge in [0, 0.05) is 35.4 Å². The SMILES string of the molecule is CC[C@H](C)c1ccc(N=Cc2c(C)n(C)c3ccccc23)cc1. The minimum absolute atomic E-state index is 0.605. The smallest absolute Gasteiger partial charge is 0.0630 e. The summed E-state index contributed by atoms with van der Waals surface area (Å²) in [5, 5.41) is 1.26. The van der Waals surface area contributed by atoms with E-state index in [1.807, 2.05) is 6.21 Å². The van der Waals surface area contributed by atoms with Crippen molar-refractivity contribution >= 4 is 22.8 Å². The summed E-state index contributed by atoms with van der Waals surface area (Å²) in [6, 6.07) is 17.1. The first-order chi connectivity index (χ1) is 11.1. The third-order valence-electron chi connectivity index (χ3n) is 4.87. The molecule has 0 radical (unpaired) electrons. The van der Waals surface area contributed by atoms with Crippen molar-refractivity contribution in [1.82, 2.24) is 4.57 Å². The molecule has 3 aromatic rings. The Morgan fingerprint density at radius 2 is 1.78 bits per heavy atom. The normalized spacial score (nSPS) is 13.0. The molecule has 1 aromatic heterocycles. The monoisotopic (exact) mass is 304 g/mol. The van der Waals surface area contributed by atoms with E-state index in [4.69, 9.17) is 0 Å². The second-order valence-corrected chi connectivity index (χ2v) is 6.23. The van der Waals surface area contributed by atoms with Crippen LogP contribution in [0.3, 0.4) is 0 Å². The van der Waals surface area contributed by atoms with Crippen LogP contribution in [0.1, 0.15) is 43.0 Å². The van der Waals surface area contributed by atoms with Gasteiger partial charge in [-0.15, -0.1) is 0 Å². The van der Waals surface area contributed by atoms with E-state index in [0.29, 0.717) is 5.92 Å². The first-order valence-corrected chi connectivity index (χ1v) is 8.30. The molecule has 1 heterocycles. The highest BCUT2D eigenvalue weighted by molar-refractivity contribution is 6.01. The Kier molecular flexibility index (Phi) is 4.33. The summed E-state index contributed by atoms with van der Waals surface area (Å²) in [4.78, 5) is 4.69. The quantitative estimate of drug-likeness (QED) is 0.546. The predicted molar refractivity (Wildman–Crippen MR) is 100 cm³/mol. The minimum atomic E-state index is 0.605. The molecule has 2 heteroatoms. The van der Waals surface area contributed by atoms with E-state index in [1.165, 1.54) is 27.7 Å². The first kappa shape index (κ1) is 15.5. The Hall–Kier alpha value is -2.35. The standard InChI is InChI=1S/C21H24N2/c1-5-15(2)17-10-12-18(13-11-17)22-14-20-16(3)23(4)21-9-7-6-8-19(20)21/h6-15H,5H2,1-4H3/t15-/m0/s1. The number of para-hydroxylation sites is 1. The van der Waals surface area contributed by atoms with Gasteiger partial charge in [0.05, 0.1) is 5.69 Å². The maximum absolute atomic E-state index is 4.69. The van der Waals surface area contributed by atoms with Crippen LogP contribution in [0.25, 0.3) is 10.9 Å². The van der Waals surface area contributed by atoms with Gasteiger partial charge in [0.1, 0.15) is 0 Å². The Morgan fingerprint density at radius 1 is 1.09 bits per heavy atom. The van der Waals surface area contributed by atoms with Crippen LogP contribution in [-0.2, 0) is 7.05 Å². The van der Waals surface area contributed by atoms with Crippen LogP contribution < -0.4 is 0 Å². The Labute approximate surface area is 138 Å². The second kappa shape index (κ2) is 6.41. The average molecular weight is 304 g/mol. The van der Waals surface area contributed by atoms with Gasteiger partial charge in [-0.1, -0.05) is 44.2 Å². The Bertz CT molecular complexity index is 838. The maximum atomic E-state index is 4.69. The summed E-state index contributed by atoms with van der Waals surface area (Å²) < 4.78 is 2.22. The number of aliphatic imine (C=N–C) groups is 1. The van der Waals surface area contributed by atoms with Gasteiger partial charge in [0.25, 0.3) is 0 Å². The van der Waals surface area contributed by atoms with Gasteiger partial charge in [-0.3, -0.25) is 4.99 Å². The number of rotatable bonds is 4. The molecule has 0 unspecified atom stereocenters. The molecule has 0 bridgehead atoms. The highest BCUT2D eigenvalue weighted by Crippen LogP contribution is 2.25. The number of benzene rings is 2. The molecule has 0 spiro atoms. The van der Waals surface area contributed by atoms with E-state index in [9.17, 15) is 0 Å². The number of aryl methyl sites for hydroxylation is 1. The second-order valence-electron chi connectivity index (χ2n) is 6.23. The van der Waals surface area contributed by atoms with E-state index in [-0.39, 0.29) is 0 Å².